The van der Waals surface area contributed by atoms with Crippen LogP contribution in [0.25, 0.3) is 0 Å². The van der Waals surface area contributed by atoms with Crippen LogP contribution in [0.1, 0.15) is 12.5 Å². The number of benzene rings is 3. The average molecular weight is 374 g/mol. The second kappa shape index (κ2) is 8.86. The van der Waals surface area contributed by atoms with Crippen LogP contribution in [0.15, 0.2) is 78.9 Å². The Hall–Kier alpha value is -3.60. The minimum absolute atomic E-state index is 0.0669. The van der Waals surface area contributed by atoms with Crippen LogP contribution in [0.5, 0.6) is 11.5 Å². The Labute approximate surface area is 164 Å². The van der Waals surface area contributed by atoms with Crippen molar-refractivity contribution in [1.82, 2.24) is 0 Å². The van der Waals surface area contributed by atoms with Crippen molar-refractivity contribution in [2.24, 2.45) is 0 Å². The van der Waals surface area contributed by atoms with Gasteiger partial charge in [-0.2, -0.15) is 0 Å². The first-order valence-electron chi connectivity index (χ1n) is 8.99. The van der Waals surface area contributed by atoms with E-state index >= 15 is 0 Å². The second-order valence-electron chi connectivity index (χ2n) is 6.38. The smallest absolute Gasteiger partial charge is 0.244 e. The molecule has 0 aliphatic carbocycles. The molecular weight excluding hydrogens is 352 g/mol. The molecule has 0 aliphatic rings. The number of anilines is 2. The fourth-order valence-corrected chi connectivity index (χ4v) is 2.75. The average Bonchev–Trinajstić information content (AvgIpc) is 2.69. The van der Waals surface area contributed by atoms with E-state index in [4.69, 9.17) is 4.74 Å². The van der Waals surface area contributed by atoms with Gasteiger partial charge in [0.1, 0.15) is 18.0 Å². The Morgan fingerprint density at radius 2 is 1.46 bits per heavy atom. The molecule has 0 aromatic heterocycles. The third-order valence-corrected chi connectivity index (χ3v) is 4.23. The normalized spacial score (nSPS) is 10.2. The van der Waals surface area contributed by atoms with E-state index in [9.17, 15) is 9.59 Å². The van der Waals surface area contributed by atoms with Crippen LogP contribution in [-0.2, 0) is 9.59 Å². The van der Waals surface area contributed by atoms with Crippen LogP contribution in [0, 0.1) is 6.92 Å². The first-order valence-corrected chi connectivity index (χ1v) is 8.99. The van der Waals surface area contributed by atoms with Crippen LogP contribution >= 0.6 is 0 Å². The number of carbonyl (C=O) groups excluding carboxylic acids is 2. The molecule has 0 saturated carbocycles. The summed E-state index contributed by atoms with van der Waals surface area (Å²) in [5.74, 6) is 0.921. The summed E-state index contributed by atoms with van der Waals surface area (Å²) in [7, 11) is 0. The van der Waals surface area contributed by atoms with Gasteiger partial charge in [-0.05, 0) is 55.0 Å². The zero-order chi connectivity index (χ0) is 19.9. The minimum Gasteiger partial charge on any atom is -0.457 e. The van der Waals surface area contributed by atoms with Gasteiger partial charge >= 0.3 is 0 Å². The van der Waals surface area contributed by atoms with Crippen LogP contribution in [-0.4, -0.2) is 18.4 Å². The number of rotatable bonds is 6. The summed E-state index contributed by atoms with van der Waals surface area (Å²) < 4.78 is 5.76. The van der Waals surface area contributed by atoms with Gasteiger partial charge in [0.05, 0.1) is 0 Å². The number of amides is 2. The molecule has 0 saturated heterocycles. The number of para-hydroxylation sites is 2. The van der Waals surface area contributed by atoms with Gasteiger partial charge in [0.2, 0.25) is 11.8 Å². The largest absolute Gasteiger partial charge is 0.457 e. The Morgan fingerprint density at radius 3 is 2.11 bits per heavy atom. The van der Waals surface area contributed by atoms with Crippen molar-refractivity contribution in [3.63, 3.8) is 0 Å². The Balaban J connectivity index is 1.69. The van der Waals surface area contributed by atoms with Crippen LogP contribution < -0.4 is 15.0 Å². The monoisotopic (exact) mass is 374 g/mol. The highest BCUT2D eigenvalue weighted by Gasteiger charge is 2.16. The topological polar surface area (TPSA) is 58.6 Å². The van der Waals surface area contributed by atoms with Crippen LogP contribution in [0.3, 0.4) is 0 Å². The maximum Gasteiger partial charge on any atom is 0.244 e. The summed E-state index contributed by atoms with van der Waals surface area (Å²) in [5, 5.41) is 2.85. The van der Waals surface area contributed by atoms with Crippen LogP contribution in [0.2, 0.25) is 0 Å². The van der Waals surface area contributed by atoms with E-state index in [1.54, 1.807) is 24.3 Å². The molecule has 0 atom stereocenters. The molecule has 142 valence electrons. The van der Waals surface area contributed by atoms with Gasteiger partial charge in [-0.3, -0.25) is 9.59 Å². The standard InChI is InChI=1S/C23H22N2O3/c1-17-8-6-7-11-22(17)24-23(27)16-25(18(2)26)19-12-14-21(15-13-19)28-20-9-4-3-5-10-20/h3-15H,16H2,1-2H3,(H,24,27). The fraction of sp³-hybridized carbons (Fsp3) is 0.130. The number of hydrogen-bond acceptors (Lipinski definition) is 3. The molecule has 3 aromatic rings. The lowest BCUT2D eigenvalue weighted by molar-refractivity contribution is -0.120. The van der Waals surface area contributed by atoms with E-state index in [1.165, 1.54) is 11.8 Å². The molecule has 0 aliphatic heterocycles. The summed E-state index contributed by atoms with van der Waals surface area (Å²) >= 11 is 0. The van der Waals surface area contributed by atoms with Crippen molar-refractivity contribution in [2.75, 3.05) is 16.8 Å². The lowest BCUT2D eigenvalue weighted by Crippen LogP contribution is -2.36. The van der Waals surface area contributed by atoms with Gasteiger partial charge < -0.3 is 15.0 Å². The quantitative estimate of drug-likeness (QED) is 0.675. The molecule has 2 amide bonds. The van der Waals surface area contributed by atoms with E-state index in [2.05, 4.69) is 5.32 Å². The summed E-state index contributed by atoms with van der Waals surface area (Å²) in [5.41, 5.74) is 2.34. The molecule has 0 bridgehead atoms. The zero-order valence-electron chi connectivity index (χ0n) is 15.9. The predicted molar refractivity (Wildman–Crippen MR) is 111 cm³/mol. The molecule has 28 heavy (non-hydrogen) atoms. The molecule has 0 fully saturated rings. The highest BCUT2D eigenvalue weighted by Crippen LogP contribution is 2.24. The molecular formula is C23H22N2O3. The van der Waals surface area contributed by atoms with Crippen molar-refractivity contribution in [1.29, 1.82) is 0 Å². The fourth-order valence-electron chi connectivity index (χ4n) is 2.75. The second-order valence-corrected chi connectivity index (χ2v) is 6.38. The molecule has 0 unspecified atom stereocenters. The summed E-state index contributed by atoms with van der Waals surface area (Å²) in [4.78, 5) is 26.0. The third kappa shape index (κ3) is 4.98. The lowest BCUT2D eigenvalue weighted by Gasteiger charge is -2.21. The molecule has 0 heterocycles. The maximum absolute atomic E-state index is 12.4. The number of carbonyl (C=O) groups is 2. The van der Waals surface area contributed by atoms with Crippen molar-refractivity contribution in [3.8, 4) is 11.5 Å². The third-order valence-electron chi connectivity index (χ3n) is 4.23. The molecule has 1 N–H and O–H groups in total. The van der Waals surface area contributed by atoms with Gasteiger partial charge in [-0.15, -0.1) is 0 Å². The predicted octanol–water partition coefficient (Wildman–Crippen LogP) is 4.78. The first-order chi connectivity index (χ1) is 13.5. The minimum atomic E-state index is -0.255. The van der Waals surface area contributed by atoms with Crippen molar-refractivity contribution in [3.05, 3.63) is 84.4 Å². The Kier molecular flexibility index (Phi) is 6.07. The summed E-state index contributed by atoms with van der Waals surface area (Å²) in [6.45, 7) is 3.29. The lowest BCUT2D eigenvalue weighted by atomic mass is 10.2. The Bertz CT molecular complexity index is 953. The van der Waals surface area contributed by atoms with E-state index in [0.717, 1.165) is 17.0 Å². The molecule has 3 aromatic carbocycles. The zero-order valence-corrected chi connectivity index (χ0v) is 15.9. The Morgan fingerprint density at radius 1 is 0.857 bits per heavy atom. The van der Waals surface area contributed by atoms with E-state index in [-0.39, 0.29) is 18.4 Å². The van der Waals surface area contributed by atoms with E-state index in [0.29, 0.717) is 11.4 Å². The molecule has 5 heteroatoms. The van der Waals surface area contributed by atoms with Gasteiger partial charge in [-0.1, -0.05) is 36.4 Å². The van der Waals surface area contributed by atoms with Gasteiger partial charge in [0.25, 0.3) is 0 Å². The van der Waals surface area contributed by atoms with Gasteiger partial charge in [0.15, 0.2) is 0 Å². The van der Waals surface area contributed by atoms with Gasteiger partial charge in [0, 0.05) is 18.3 Å². The number of aryl methyl sites for hydroxylation is 1. The summed E-state index contributed by atoms with van der Waals surface area (Å²) in [6.07, 6.45) is 0. The maximum atomic E-state index is 12.4. The molecule has 0 spiro atoms. The highest BCUT2D eigenvalue weighted by molar-refractivity contribution is 6.02. The highest BCUT2D eigenvalue weighted by atomic mass is 16.5. The molecule has 5 nitrogen and oxygen atoms in total. The van der Waals surface area contributed by atoms with Crippen molar-refractivity contribution >= 4 is 23.2 Å². The first kappa shape index (κ1) is 19.2. The number of nitrogens with one attached hydrogen (secondary N) is 1. The van der Waals surface area contributed by atoms with E-state index in [1.807, 2.05) is 61.5 Å². The van der Waals surface area contributed by atoms with Crippen molar-refractivity contribution in [2.45, 2.75) is 13.8 Å². The molecule has 0 radical (unpaired) electrons. The number of ether oxygens (including phenoxy) is 1. The van der Waals surface area contributed by atoms with Crippen LogP contribution in [0.4, 0.5) is 11.4 Å². The SMILES string of the molecule is CC(=O)N(CC(=O)Nc1ccccc1C)c1ccc(Oc2ccccc2)cc1. The molecule has 3 rings (SSSR count). The van der Waals surface area contributed by atoms with Crippen molar-refractivity contribution < 1.29 is 14.3 Å². The van der Waals surface area contributed by atoms with E-state index < -0.39 is 0 Å². The number of nitrogens with zero attached hydrogens (tertiary/aromatic N) is 1. The summed E-state index contributed by atoms with van der Waals surface area (Å²) in [6, 6.07) is 24.0. The van der Waals surface area contributed by atoms with Gasteiger partial charge in [-0.25, -0.2) is 0 Å². The number of hydrogen-bond donors (Lipinski definition) is 1.